The van der Waals surface area contributed by atoms with Gasteiger partial charge in [0.15, 0.2) is 30.0 Å². The molecule has 4 atom stereocenters. The lowest BCUT2D eigenvalue weighted by atomic mass is 10.1. The molecule has 0 bridgehead atoms. The number of ether oxygens (including phenoxy) is 7. The van der Waals surface area contributed by atoms with Crippen molar-refractivity contribution >= 4 is 52.6 Å². The molecule has 1 fully saturated rings. The molecule has 3 rings (SSSR count). The van der Waals surface area contributed by atoms with Crippen LogP contribution in [0.4, 0.5) is 19.8 Å². The van der Waals surface area contributed by atoms with E-state index in [0.717, 1.165) is 9.75 Å². The van der Waals surface area contributed by atoms with Crippen molar-refractivity contribution < 1.29 is 61.6 Å². The molecule has 0 spiro atoms. The maximum Gasteiger partial charge on any atom is 0.509 e. The summed E-state index contributed by atoms with van der Waals surface area (Å²) >= 11 is 6.31. The third-order valence-electron chi connectivity index (χ3n) is 6.08. The molecule has 1 aliphatic heterocycles. The molecule has 1 amide bonds. The molecule has 0 radical (unpaired) electrons. The zero-order chi connectivity index (χ0) is 37.8. The number of aromatic nitrogens is 4. The average molecular weight is 734 g/mol. The van der Waals surface area contributed by atoms with Crippen LogP contribution < -0.4 is 5.06 Å². The van der Waals surface area contributed by atoms with Crippen molar-refractivity contribution in [2.24, 2.45) is 0 Å². The van der Waals surface area contributed by atoms with E-state index >= 15 is 4.39 Å². The fraction of sp³-hybridized carbons (Fsp3) is 0.710. The highest BCUT2D eigenvalue weighted by atomic mass is 35.5. The van der Waals surface area contributed by atoms with Crippen molar-refractivity contribution in [3.05, 3.63) is 11.5 Å². The zero-order valence-corrected chi connectivity index (χ0v) is 30.7. The van der Waals surface area contributed by atoms with Crippen molar-refractivity contribution in [2.45, 2.75) is 124 Å². The van der Waals surface area contributed by atoms with Gasteiger partial charge in [-0.15, -0.1) is 5.06 Å². The van der Waals surface area contributed by atoms with Gasteiger partial charge in [0.05, 0.1) is 37.0 Å². The molecule has 0 aliphatic carbocycles. The van der Waals surface area contributed by atoms with Crippen molar-refractivity contribution in [2.75, 3.05) is 24.9 Å². The van der Waals surface area contributed by atoms with Crippen LogP contribution in [0.1, 0.15) is 82.4 Å². The molecule has 1 aliphatic rings. The molecule has 0 saturated carbocycles. The first kappa shape index (κ1) is 40.6. The molecular formula is C31H45ClFN5O12. The summed E-state index contributed by atoms with van der Waals surface area (Å²) < 4.78 is 54.9. The standard InChI is InChI=1S/C31H45ClFN5O12/c1-12-43-24(39)20(25(40)44-13-2)45-15-17-19(47-28(42)49-30(6,7)8)18(33)23(46-17)37-21-16(14-34-37)22(36-26(32)35-21)38(50-31(9,10)11)27(41)48-29(3,4)5/h14,17-20,23H,12-13,15H2,1-11H3/t17-,18+,19-,23-/m1/s1. The number of hydroxylamine groups is 1. The second-order valence-electron chi connectivity index (χ2n) is 13.9. The number of anilines is 1. The second kappa shape index (κ2) is 16.0. The van der Waals surface area contributed by atoms with Gasteiger partial charge in [0, 0.05) is 0 Å². The predicted molar refractivity (Wildman–Crippen MR) is 173 cm³/mol. The Morgan fingerprint density at radius 3 is 2.04 bits per heavy atom. The number of carbonyl (C=O) groups excluding carboxylic acids is 4. The molecule has 50 heavy (non-hydrogen) atoms. The Balaban J connectivity index is 2.06. The number of carbonyl (C=O) groups is 4. The molecule has 19 heteroatoms. The monoisotopic (exact) mass is 733 g/mol. The Labute approximate surface area is 293 Å². The van der Waals surface area contributed by atoms with Gasteiger partial charge in [-0.1, -0.05) is 0 Å². The average Bonchev–Trinajstić information content (AvgIpc) is 3.49. The van der Waals surface area contributed by atoms with Gasteiger partial charge in [-0.05, 0) is 87.8 Å². The van der Waals surface area contributed by atoms with Gasteiger partial charge in [-0.2, -0.15) is 15.1 Å². The van der Waals surface area contributed by atoms with Gasteiger partial charge in [0.25, 0.3) is 6.10 Å². The van der Waals surface area contributed by atoms with Crippen LogP contribution in [0.5, 0.6) is 0 Å². The maximum absolute atomic E-state index is 16.4. The smallest absolute Gasteiger partial charge is 0.464 e. The molecule has 2 aromatic heterocycles. The summed E-state index contributed by atoms with van der Waals surface area (Å²) in [6, 6.07) is 0. The van der Waals surface area contributed by atoms with E-state index in [1.807, 2.05) is 0 Å². The molecule has 3 heterocycles. The second-order valence-corrected chi connectivity index (χ2v) is 14.2. The van der Waals surface area contributed by atoms with Gasteiger partial charge in [-0.3, -0.25) is 4.84 Å². The Kier molecular flexibility index (Phi) is 13.0. The summed E-state index contributed by atoms with van der Waals surface area (Å²) in [6.45, 7) is 17.1. The van der Waals surface area contributed by atoms with Crippen molar-refractivity contribution in [1.82, 2.24) is 19.7 Å². The van der Waals surface area contributed by atoms with E-state index in [-0.39, 0.29) is 35.3 Å². The summed E-state index contributed by atoms with van der Waals surface area (Å²) in [5.41, 5.74) is -2.95. The predicted octanol–water partition coefficient (Wildman–Crippen LogP) is 5.02. The summed E-state index contributed by atoms with van der Waals surface area (Å²) in [7, 11) is 0. The van der Waals surface area contributed by atoms with Gasteiger partial charge in [-0.25, -0.2) is 28.3 Å². The lowest BCUT2D eigenvalue weighted by Gasteiger charge is -2.31. The van der Waals surface area contributed by atoms with Crippen LogP contribution in [-0.2, 0) is 47.6 Å². The van der Waals surface area contributed by atoms with E-state index in [1.54, 1.807) is 62.3 Å². The van der Waals surface area contributed by atoms with Crippen LogP contribution in [0.15, 0.2) is 6.20 Å². The number of nitrogens with zero attached hydrogens (tertiary/aromatic N) is 5. The largest absolute Gasteiger partial charge is 0.509 e. The number of alkyl halides is 1. The number of rotatable bonds is 11. The zero-order valence-electron chi connectivity index (χ0n) is 30.0. The van der Waals surface area contributed by atoms with Crippen LogP contribution in [-0.4, -0.2) is 105 Å². The van der Waals surface area contributed by atoms with Crippen LogP contribution in [0.2, 0.25) is 5.28 Å². The first-order chi connectivity index (χ1) is 23.0. The van der Waals surface area contributed by atoms with Gasteiger partial charge < -0.3 is 33.2 Å². The normalized spacial score (nSPS) is 19.7. The highest BCUT2D eigenvalue weighted by Gasteiger charge is 2.51. The molecule has 1 saturated heterocycles. The van der Waals surface area contributed by atoms with E-state index in [0.29, 0.717) is 0 Å². The minimum Gasteiger partial charge on any atom is -0.464 e. The van der Waals surface area contributed by atoms with Crippen LogP contribution in [0.25, 0.3) is 11.0 Å². The first-order valence-electron chi connectivity index (χ1n) is 15.8. The Hall–Kier alpha value is -3.87. The number of esters is 2. The van der Waals surface area contributed by atoms with E-state index in [2.05, 4.69) is 15.1 Å². The number of hydrogen-bond acceptors (Lipinski definition) is 15. The fourth-order valence-electron chi connectivity index (χ4n) is 4.38. The van der Waals surface area contributed by atoms with Crippen molar-refractivity contribution in [3.63, 3.8) is 0 Å². The third-order valence-corrected chi connectivity index (χ3v) is 6.25. The Morgan fingerprint density at radius 1 is 0.940 bits per heavy atom. The minimum absolute atomic E-state index is 0.0675. The molecule has 280 valence electrons. The van der Waals surface area contributed by atoms with E-state index in [9.17, 15) is 19.2 Å². The van der Waals surface area contributed by atoms with Crippen molar-refractivity contribution in [1.29, 1.82) is 0 Å². The lowest BCUT2D eigenvalue weighted by molar-refractivity contribution is -0.177. The summed E-state index contributed by atoms with van der Waals surface area (Å²) in [5.74, 6) is -2.27. The van der Waals surface area contributed by atoms with E-state index in [1.165, 1.54) is 20.0 Å². The quantitative estimate of drug-likeness (QED) is 0.0983. The number of halogens is 2. The van der Waals surface area contributed by atoms with Crippen LogP contribution in [0.3, 0.4) is 0 Å². The highest BCUT2D eigenvalue weighted by Crippen LogP contribution is 2.38. The maximum atomic E-state index is 16.4. The third kappa shape index (κ3) is 10.8. The van der Waals surface area contributed by atoms with Crippen LogP contribution in [0, 0.1) is 0 Å². The fourth-order valence-corrected chi connectivity index (χ4v) is 4.54. The van der Waals surface area contributed by atoms with Gasteiger partial charge in [0.2, 0.25) is 5.28 Å². The molecule has 17 nitrogen and oxygen atoms in total. The Bertz CT molecular complexity index is 1520. The summed E-state index contributed by atoms with van der Waals surface area (Å²) in [6.07, 6.45) is -9.74. The van der Waals surface area contributed by atoms with Crippen molar-refractivity contribution in [3.8, 4) is 0 Å². The molecule has 0 N–H and O–H groups in total. The van der Waals surface area contributed by atoms with Crippen LogP contribution >= 0.6 is 11.6 Å². The summed E-state index contributed by atoms with van der Waals surface area (Å²) in [4.78, 5) is 65.3. The lowest BCUT2D eigenvalue weighted by Crippen LogP contribution is -2.42. The highest BCUT2D eigenvalue weighted by molar-refractivity contribution is 6.28. The van der Waals surface area contributed by atoms with E-state index < -0.39 is 78.3 Å². The molecule has 0 unspecified atom stereocenters. The molecule has 2 aromatic rings. The van der Waals surface area contributed by atoms with Gasteiger partial charge >= 0.3 is 24.2 Å². The summed E-state index contributed by atoms with van der Waals surface area (Å²) in [5, 5.41) is 4.75. The number of fused-ring (bicyclic) bond motifs is 1. The van der Waals surface area contributed by atoms with E-state index in [4.69, 9.17) is 49.6 Å². The number of hydrogen-bond donors (Lipinski definition) is 0. The SMILES string of the molecule is CCOC(=O)C(OC[C@H]1O[C@@H](n2ncc3c(N(OC(C)(C)C)C(=O)OC(C)(C)C)nc(Cl)nc32)[C@@H](F)[C@@H]1OC(=O)OC(C)(C)C)C(=O)OCC. The minimum atomic E-state index is -2.16. The number of amides is 1. The van der Waals surface area contributed by atoms with Gasteiger partial charge in [0.1, 0.15) is 17.3 Å². The molecular weight excluding hydrogens is 689 g/mol. The first-order valence-corrected chi connectivity index (χ1v) is 16.2. The topological polar surface area (TPSA) is 189 Å². The Morgan fingerprint density at radius 2 is 1.52 bits per heavy atom. The molecule has 0 aromatic carbocycles.